The van der Waals surface area contributed by atoms with E-state index < -0.39 is 25.4 Å². The molecule has 0 aromatic carbocycles. The van der Waals surface area contributed by atoms with Crippen LogP contribution in [0, 0.1) is 0 Å². The minimum absolute atomic E-state index is 0.120. The lowest BCUT2D eigenvalue weighted by atomic mass is 10.3. The van der Waals surface area contributed by atoms with Crippen LogP contribution in [-0.4, -0.2) is 61.9 Å². The summed E-state index contributed by atoms with van der Waals surface area (Å²) in [7, 11) is -6.39. The molecule has 0 saturated carbocycles. The van der Waals surface area contributed by atoms with Gasteiger partial charge < -0.3 is 22.3 Å². The second-order valence-corrected chi connectivity index (χ2v) is 21.1. The van der Waals surface area contributed by atoms with Gasteiger partial charge in [0.2, 0.25) is 8.32 Å². The van der Waals surface area contributed by atoms with Crippen LogP contribution < -0.4 is 0 Å². The molecular formula is C19H45NO5Si3. The third kappa shape index (κ3) is 11.1. The summed E-state index contributed by atoms with van der Waals surface area (Å²) in [6.45, 7) is 22.7. The Morgan fingerprint density at radius 3 is 1.86 bits per heavy atom. The fraction of sp³-hybridized carbons (Fsp3) is 0.947. The van der Waals surface area contributed by atoms with E-state index >= 15 is 0 Å². The number of carbonyl (C=O) groups is 1. The standard InChI is InChI=1S/C19H45NO5Si3/c1-11-18(4)24-28(22-12-2,23-13-3)17-15-14-16-20(26(5,6)7)19(21)25-27(8,9)10/h18H,11-17H2,1-10H3. The van der Waals surface area contributed by atoms with E-state index in [9.17, 15) is 4.79 Å². The van der Waals surface area contributed by atoms with Crippen LogP contribution in [0.5, 0.6) is 0 Å². The average Bonchev–Trinajstić information content (AvgIpc) is 2.51. The van der Waals surface area contributed by atoms with Gasteiger partial charge in [0, 0.05) is 31.9 Å². The van der Waals surface area contributed by atoms with Crippen LogP contribution in [0.1, 0.15) is 47.0 Å². The van der Waals surface area contributed by atoms with Gasteiger partial charge in [0.05, 0.1) is 0 Å². The Kier molecular flexibility index (Phi) is 12.4. The SMILES string of the molecule is CCO[Si](CCCCN(C(=O)O[Si](C)(C)C)[Si](C)(C)C)(OCC)OC(C)CC. The van der Waals surface area contributed by atoms with Crippen molar-refractivity contribution >= 4 is 31.5 Å². The lowest BCUT2D eigenvalue weighted by Gasteiger charge is -2.36. The maximum Gasteiger partial charge on any atom is 0.501 e. The van der Waals surface area contributed by atoms with E-state index in [4.69, 9.17) is 17.7 Å². The molecule has 0 N–H and O–H groups in total. The highest BCUT2D eigenvalue weighted by molar-refractivity contribution is 6.76. The predicted octanol–water partition coefficient (Wildman–Crippen LogP) is 5.70. The first-order chi connectivity index (χ1) is 12.8. The quantitative estimate of drug-likeness (QED) is 0.250. The van der Waals surface area contributed by atoms with Crippen LogP contribution in [0.25, 0.3) is 0 Å². The zero-order chi connectivity index (χ0) is 22.0. The molecule has 6 nitrogen and oxygen atoms in total. The van der Waals surface area contributed by atoms with Gasteiger partial charge in [-0.1, -0.05) is 26.6 Å². The number of carbonyl (C=O) groups excluding carboxylic acids is 1. The van der Waals surface area contributed by atoms with Crippen molar-refractivity contribution in [3.63, 3.8) is 0 Å². The highest BCUT2D eigenvalue weighted by Gasteiger charge is 2.41. The molecule has 0 aromatic heterocycles. The van der Waals surface area contributed by atoms with Gasteiger partial charge >= 0.3 is 14.9 Å². The van der Waals surface area contributed by atoms with E-state index in [1.54, 1.807) is 0 Å². The zero-order valence-corrected chi connectivity index (χ0v) is 23.0. The summed E-state index contributed by atoms with van der Waals surface area (Å²) >= 11 is 0. The van der Waals surface area contributed by atoms with Crippen molar-refractivity contribution in [2.24, 2.45) is 0 Å². The van der Waals surface area contributed by atoms with E-state index in [2.05, 4.69) is 33.5 Å². The molecule has 28 heavy (non-hydrogen) atoms. The molecule has 1 amide bonds. The Morgan fingerprint density at radius 1 is 0.929 bits per heavy atom. The molecule has 9 heteroatoms. The van der Waals surface area contributed by atoms with E-state index in [0.717, 1.165) is 25.3 Å². The van der Waals surface area contributed by atoms with Crippen molar-refractivity contribution in [1.29, 1.82) is 0 Å². The monoisotopic (exact) mass is 451 g/mol. The van der Waals surface area contributed by atoms with Gasteiger partial charge in [0.15, 0.2) is 8.24 Å². The maximum absolute atomic E-state index is 12.7. The molecule has 0 aliphatic heterocycles. The van der Waals surface area contributed by atoms with Gasteiger partial charge in [0.25, 0.3) is 0 Å². The van der Waals surface area contributed by atoms with E-state index in [0.29, 0.717) is 19.8 Å². The van der Waals surface area contributed by atoms with Crippen molar-refractivity contribution in [2.75, 3.05) is 19.8 Å². The van der Waals surface area contributed by atoms with Crippen LogP contribution in [0.4, 0.5) is 4.79 Å². The Balaban J connectivity index is 4.97. The van der Waals surface area contributed by atoms with E-state index in [1.807, 2.05) is 38.1 Å². The van der Waals surface area contributed by atoms with Crippen LogP contribution >= 0.6 is 0 Å². The summed E-state index contributed by atoms with van der Waals surface area (Å²) in [5.74, 6) is 0. The molecule has 0 saturated heterocycles. The number of nitrogens with zero attached hydrogens (tertiary/aromatic N) is 1. The van der Waals surface area contributed by atoms with Gasteiger partial charge in [-0.3, -0.25) is 0 Å². The van der Waals surface area contributed by atoms with Crippen molar-refractivity contribution in [2.45, 2.75) is 98.4 Å². The van der Waals surface area contributed by atoms with Crippen LogP contribution in [0.3, 0.4) is 0 Å². The molecular weight excluding hydrogens is 406 g/mol. The molecule has 0 fully saturated rings. The average molecular weight is 452 g/mol. The summed E-state index contributed by atoms with van der Waals surface area (Å²) < 4.78 is 26.1. The number of unbranched alkanes of at least 4 members (excludes halogenated alkanes) is 1. The molecule has 1 unspecified atom stereocenters. The highest BCUT2D eigenvalue weighted by Crippen LogP contribution is 2.23. The topological polar surface area (TPSA) is 57.2 Å². The first-order valence-electron chi connectivity index (χ1n) is 10.8. The molecule has 0 radical (unpaired) electrons. The van der Waals surface area contributed by atoms with E-state index in [-0.39, 0.29) is 12.2 Å². The fourth-order valence-corrected chi connectivity index (χ4v) is 7.89. The molecule has 0 rings (SSSR count). The van der Waals surface area contributed by atoms with Crippen LogP contribution in [0.15, 0.2) is 0 Å². The van der Waals surface area contributed by atoms with Gasteiger partial charge in [0.1, 0.15) is 0 Å². The normalized spacial score (nSPS) is 14.1. The molecule has 168 valence electrons. The highest BCUT2D eigenvalue weighted by atomic mass is 28.4. The second kappa shape index (κ2) is 12.5. The molecule has 0 aliphatic carbocycles. The Bertz CT molecular complexity index is 446. The molecule has 1 atom stereocenters. The maximum atomic E-state index is 12.7. The van der Waals surface area contributed by atoms with E-state index in [1.165, 1.54) is 0 Å². The van der Waals surface area contributed by atoms with Crippen LogP contribution in [0.2, 0.25) is 45.3 Å². The number of hydrogen-bond acceptors (Lipinski definition) is 5. The number of rotatable bonds is 14. The predicted molar refractivity (Wildman–Crippen MR) is 124 cm³/mol. The first kappa shape index (κ1) is 27.8. The van der Waals surface area contributed by atoms with Crippen molar-refractivity contribution in [3.8, 4) is 0 Å². The minimum Gasteiger partial charge on any atom is -0.505 e. The smallest absolute Gasteiger partial charge is 0.501 e. The second-order valence-electron chi connectivity index (χ2n) is 9.15. The summed E-state index contributed by atoms with van der Waals surface area (Å²) in [5.41, 5.74) is 0. The molecule has 0 aliphatic rings. The van der Waals surface area contributed by atoms with Gasteiger partial charge in [-0.15, -0.1) is 0 Å². The Morgan fingerprint density at radius 2 is 1.46 bits per heavy atom. The minimum atomic E-state index is -2.68. The Labute approximate surface area is 176 Å². The summed E-state index contributed by atoms with van der Waals surface area (Å²) in [6.07, 6.45) is 2.71. The third-order valence-corrected chi connectivity index (χ3v) is 10.2. The third-order valence-electron chi connectivity index (χ3n) is 4.22. The number of amides is 1. The van der Waals surface area contributed by atoms with Crippen molar-refractivity contribution in [1.82, 2.24) is 4.57 Å². The lowest BCUT2D eigenvalue weighted by Crippen LogP contribution is -2.52. The number of hydrogen-bond donors (Lipinski definition) is 0. The van der Waals surface area contributed by atoms with Gasteiger partial charge in [-0.2, -0.15) is 0 Å². The molecule has 0 heterocycles. The van der Waals surface area contributed by atoms with Crippen molar-refractivity contribution in [3.05, 3.63) is 0 Å². The van der Waals surface area contributed by atoms with Gasteiger partial charge in [-0.05, 0) is 59.7 Å². The molecule has 0 aromatic rings. The largest absolute Gasteiger partial charge is 0.505 e. The van der Waals surface area contributed by atoms with Crippen LogP contribution in [-0.2, 0) is 17.7 Å². The summed E-state index contributed by atoms with van der Waals surface area (Å²) in [6, 6.07) is 0.779. The van der Waals surface area contributed by atoms with Crippen molar-refractivity contribution < 1.29 is 22.5 Å². The first-order valence-corrected chi connectivity index (χ1v) is 19.5. The van der Waals surface area contributed by atoms with Gasteiger partial charge in [-0.25, -0.2) is 4.79 Å². The summed E-state index contributed by atoms with van der Waals surface area (Å²) in [5, 5.41) is 0. The fourth-order valence-electron chi connectivity index (χ4n) is 2.77. The zero-order valence-electron chi connectivity index (χ0n) is 20.0. The Hall–Kier alpha value is -0.199. The molecule has 0 bridgehead atoms. The summed E-state index contributed by atoms with van der Waals surface area (Å²) in [4.78, 5) is 12.7. The lowest BCUT2D eigenvalue weighted by molar-refractivity contribution is 0.0366. The molecule has 0 spiro atoms.